The molecule has 1 aromatic heterocycles. The fraction of sp³-hybridized carbons (Fsp3) is 0.636. The van der Waals surface area contributed by atoms with E-state index < -0.39 is 10.0 Å². The lowest BCUT2D eigenvalue weighted by Crippen LogP contribution is -2.37. The van der Waals surface area contributed by atoms with Crippen LogP contribution in [0.1, 0.15) is 24.7 Å². The van der Waals surface area contributed by atoms with Crippen molar-refractivity contribution in [2.45, 2.75) is 38.1 Å². The van der Waals surface area contributed by atoms with E-state index in [0.717, 1.165) is 0 Å². The maximum atomic E-state index is 12.5. The zero-order valence-electron chi connectivity index (χ0n) is 11.2. The topological polar surface area (TPSA) is 95.2 Å². The van der Waals surface area contributed by atoms with Gasteiger partial charge in [-0.25, -0.2) is 8.42 Å². The van der Waals surface area contributed by atoms with Crippen LogP contribution in [0.4, 0.5) is 0 Å². The van der Waals surface area contributed by atoms with E-state index >= 15 is 0 Å². The summed E-state index contributed by atoms with van der Waals surface area (Å²) in [5.41, 5.74) is 1.01. The van der Waals surface area contributed by atoms with Crippen LogP contribution in [0, 0.1) is 13.8 Å². The number of aromatic nitrogens is 2. The molecule has 1 fully saturated rings. The average Bonchev–Trinajstić information content (AvgIpc) is 2.86. The Kier molecular flexibility index (Phi) is 3.64. The fourth-order valence-corrected chi connectivity index (χ4v) is 4.23. The fourth-order valence-electron chi connectivity index (χ4n) is 2.40. The second-order valence-electron chi connectivity index (χ2n) is 4.81. The summed E-state index contributed by atoms with van der Waals surface area (Å²) in [4.78, 5) is 11.2. The third-order valence-corrected chi connectivity index (χ3v) is 5.35. The third-order valence-electron chi connectivity index (χ3n) is 3.22. The molecule has 1 aliphatic heterocycles. The molecule has 1 saturated heterocycles. The monoisotopic (exact) mass is 286 g/mol. The largest absolute Gasteiger partial charge is 0.352 e. The number of rotatable bonds is 3. The molecular formula is C11H18N4O3S. The summed E-state index contributed by atoms with van der Waals surface area (Å²) in [5, 5.41) is 9.35. The van der Waals surface area contributed by atoms with E-state index in [4.69, 9.17) is 0 Å². The van der Waals surface area contributed by atoms with Crippen LogP contribution < -0.4 is 5.32 Å². The Morgan fingerprint density at radius 2 is 2.16 bits per heavy atom. The third kappa shape index (κ3) is 2.64. The number of sulfonamides is 1. The van der Waals surface area contributed by atoms with E-state index in [0.29, 0.717) is 30.9 Å². The maximum absolute atomic E-state index is 12.5. The molecule has 1 atom stereocenters. The number of hydrogen-bond donors (Lipinski definition) is 2. The van der Waals surface area contributed by atoms with Crippen LogP contribution in [0.5, 0.6) is 0 Å². The molecule has 1 aliphatic rings. The van der Waals surface area contributed by atoms with Crippen LogP contribution in [-0.2, 0) is 14.8 Å². The van der Waals surface area contributed by atoms with Crippen LogP contribution in [0.3, 0.4) is 0 Å². The number of carbonyl (C=O) groups excluding carboxylic acids is 1. The van der Waals surface area contributed by atoms with Gasteiger partial charge in [-0.15, -0.1) is 0 Å². The predicted molar refractivity (Wildman–Crippen MR) is 69.0 cm³/mol. The summed E-state index contributed by atoms with van der Waals surface area (Å²) >= 11 is 0. The Bertz CT molecular complexity index is 574. The van der Waals surface area contributed by atoms with Crippen LogP contribution in [0.25, 0.3) is 0 Å². The molecule has 0 aromatic carbocycles. The minimum Gasteiger partial charge on any atom is -0.352 e. The zero-order chi connectivity index (χ0) is 14.2. The van der Waals surface area contributed by atoms with Crippen LogP contribution in [0.2, 0.25) is 0 Å². The lowest BCUT2D eigenvalue weighted by atomic mass is 10.3. The number of H-pyrrole nitrogens is 1. The average molecular weight is 286 g/mol. The number of aryl methyl sites for hydroxylation is 2. The van der Waals surface area contributed by atoms with Crippen molar-refractivity contribution in [2.75, 3.05) is 13.1 Å². The van der Waals surface area contributed by atoms with Crippen molar-refractivity contribution < 1.29 is 13.2 Å². The Morgan fingerprint density at radius 1 is 1.47 bits per heavy atom. The van der Waals surface area contributed by atoms with Crippen LogP contribution in [0.15, 0.2) is 4.90 Å². The first-order chi connectivity index (χ1) is 8.82. The van der Waals surface area contributed by atoms with Crippen LogP contribution in [-0.4, -0.2) is 48.0 Å². The normalized spacial score (nSPS) is 20.7. The molecular weight excluding hydrogens is 268 g/mol. The first-order valence-electron chi connectivity index (χ1n) is 6.11. The number of amides is 1. The Labute approximate surface area is 112 Å². The molecule has 1 aromatic rings. The van der Waals surface area contributed by atoms with Crippen molar-refractivity contribution in [3.05, 3.63) is 11.4 Å². The first-order valence-corrected chi connectivity index (χ1v) is 7.55. The molecule has 8 heteroatoms. The van der Waals surface area contributed by atoms with Crippen molar-refractivity contribution >= 4 is 15.9 Å². The highest BCUT2D eigenvalue weighted by molar-refractivity contribution is 7.89. The lowest BCUT2D eigenvalue weighted by Gasteiger charge is -2.17. The summed E-state index contributed by atoms with van der Waals surface area (Å²) < 4.78 is 26.4. The minimum absolute atomic E-state index is 0.111. The molecule has 1 unspecified atom stereocenters. The molecule has 19 heavy (non-hydrogen) atoms. The summed E-state index contributed by atoms with van der Waals surface area (Å²) in [6.45, 7) is 5.51. The molecule has 2 heterocycles. The quantitative estimate of drug-likeness (QED) is 0.813. The van der Waals surface area contributed by atoms with Gasteiger partial charge in [0.05, 0.1) is 11.4 Å². The Hall–Kier alpha value is -1.41. The Morgan fingerprint density at radius 3 is 2.68 bits per heavy atom. The molecule has 0 radical (unpaired) electrons. The van der Waals surface area contributed by atoms with E-state index in [2.05, 4.69) is 15.5 Å². The van der Waals surface area contributed by atoms with Gasteiger partial charge in [-0.1, -0.05) is 0 Å². The molecule has 1 amide bonds. The van der Waals surface area contributed by atoms with E-state index in [1.54, 1.807) is 13.8 Å². The summed E-state index contributed by atoms with van der Waals surface area (Å²) in [6, 6.07) is -0.111. The number of nitrogens with zero attached hydrogens (tertiary/aromatic N) is 2. The van der Waals surface area contributed by atoms with Gasteiger partial charge in [0.15, 0.2) is 0 Å². The molecule has 106 valence electrons. The second-order valence-corrected chi connectivity index (χ2v) is 6.69. The van der Waals surface area contributed by atoms with Gasteiger partial charge in [-0.3, -0.25) is 9.89 Å². The SMILES string of the molecule is CC(=O)NC1CCN(S(=O)(=O)c2c(C)n[nH]c2C)C1. The number of hydrogen-bond acceptors (Lipinski definition) is 4. The molecule has 2 N–H and O–H groups in total. The van der Waals surface area contributed by atoms with Crippen molar-refractivity contribution in [3.8, 4) is 0 Å². The maximum Gasteiger partial charge on any atom is 0.246 e. The van der Waals surface area contributed by atoms with Crippen LogP contribution >= 0.6 is 0 Å². The van der Waals surface area contributed by atoms with E-state index in [1.165, 1.54) is 11.2 Å². The van der Waals surface area contributed by atoms with E-state index in [9.17, 15) is 13.2 Å². The smallest absolute Gasteiger partial charge is 0.246 e. The highest BCUT2D eigenvalue weighted by Gasteiger charge is 2.35. The molecule has 0 saturated carbocycles. The number of nitrogens with one attached hydrogen (secondary N) is 2. The molecule has 2 rings (SSSR count). The minimum atomic E-state index is -3.54. The van der Waals surface area contributed by atoms with Gasteiger partial charge in [-0.2, -0.15) is 9.40 Å². The standard InChI is InChI=1S/C11H18N4O3S/c1-7-11(8(2)14-13-7)19(17,18)15-5-4-10(6-15)12-9(3)16/h10H,4-6H2,1-3H3,(H,12,16)(H,13,14). The summed E-state index contributed by atoms with van der Waals surface area (Å²) in [5.74, 6) is -0.139. The van der Waals surface area contributed by atoms with Gasteiger partial charge < -0.3 is 5.32 Å². The highest BCUT2D eigenvalue weighted by Crippen LogP contribution is 2.24. The van der Waals surface area contributed by atoms with E-state index in [-0.39, 0.29) is 16.8 Å². The molecule has 0 aliphatic carbocycles. The summed E-state index contributed by atoms with van der Waals surface area (Å²) in [6.07, 6.45) is 0.634. The predicted octanol–water partition coefficient (Wildman–Crippen LogP) is -0.0744. The lowest BCUT2D eigenvalue weighted by molar-refractivity contribution is -0.119. The Balaban J connectivity index is 2.21. The van der Waals surface area contributed by atoms with Gasteiger partial charge in [-0.05, 0) is 20.3 Å². The van der Waals surface area contributed by atoms with Crippen molar-refractivity contribution in [2.24, 2.45) is 0 Å². The van der Waals surface area contributed by atoms with E-state index in [1.807, 2.05) is 0 Å². The highest BCUT2D eigenvalue weighted by atomic mass is 32.2. The van der Waals surface area contributed by atoms with Gasteiger partial charge in [0.2, 0.25) is 15.9 Å². The first kappa shape index (κ1) is 14.0. The van der Waals surface area contributed by atoms with Gasteiger partial charge in [0.1, 0.15) is 4.90 Å². The van der Waals surface area contributed by atoms with Crippen molar-refractivity contribution in [1.29, 1.82) is 0 Å². The van der Waals surface area contributed by atoms with Crippen molar-refractivity contribution in [3.63, 3.8) is 0 Å². The van der Waals surface area contributed by atoms with Crippen molar-refractivity contribution in [1.82, 2.24) is 19.8 Å². The molecule has 7 nitrogen and oxygen atoms in total. The molecule has 0 spiro atoms. The van der Waals surface area contributed by atoms with Gasteiger partial charge in [0, 0.05) is 26.1 Å². The van der Waals surface area contributed by atoms with Gasteiger partial charge in [0.25, 0.3) is 0 Å². The second kappa shape index (κ2) is 4.93. The molecule has 0 bridgehead atoms. The number of aromatic amines is 1. The zero-order valence-corrected chi connectivity index (χ0v) is 12.0. The summed E-state index contributed by atoms with van der Waals surface area (Å²) in [7, 11) is -3.54. The number of carbonyl (C=O) groups is 1. The van der Waals surface area contributed by atoms with Gasteiger partial charge >= 0.3 is 0 Å².